The highest BCUT2D eigenvalue weighted by molar-refractivity contribution is 5.91. The predicted molar refractivity (Wildman–Crippen MR) is 109 cm³/mol. The number of nitrogens with one attached hydrogen (secondary N) is 2. The number of likely N-dealkylation sites (tertiary alicyclic amines) is 1. The summed E-state index contributed by atoms with van der Waals surface area (Å²) in [4.78, 5) is 22.2. The van der Waals surface area contributed by atoms with Gasteiger partial charge in [-0.1, -0.05) is 24.3 Å². The van der Waals surface area contributed by atoms with Gasteiger partial charge in [0.25, 0.3) is 0 Å². The molecule has 1 aromatic heterocycles. The van der Waals surface area contributed by atoms with E-state index in [9.17, 15) is 18.0 Å². The van der Waals surface area contributed by atoms with Gasteiger partial charge in [-0.05, 0) is 43.5 Å². The lowest BCUT2D eigenvalue weighted by molar-refractivity contribution is -0.0493. The average Bonchev–Trinajstić information content (AvgIpc) is 3.25. The number of imidazole rings is 1. The topological polar surface area (TPSA) is 70.2 Å². The van der Waals surface area contributed by atoms with Crippen LogP contribution in [0, 0.1) is 5.82 Å². The lowest BCUT2D eigenvalue weighted by Gasteiger charge is -2.34. The van der Waals surface area contributed by atoms with Crippen molar-refractivity contribution in [1.82, 2.24) is 14.9 Å². The number of nitrogens with zero attached hydrogens (tertiary/aromatic N) is 2. The van der Waals surface area contributed by atoms with Gasteiger partial charge in [0.05, 0.1) is 23.6 Å². The molecule has 2 aromatic carbocycles. The molecule has 0 bridgehead atoms. The Morgan fingerprint density at radius 2 is 2.03 bits per heavy atom. The monoisotopic (exact) mass is 430 g/mol. The van der Waals surface area contributed by atoms with Gasteiger partial charge in [-0.2, -0.15) is 8.78 Å². The van der Waals surface area contributed by atoms with Crippen LogP contribution in [0.15, 0.2) is 54.7 Å². The Hall–Kier alpha value is -3.49. The number of hydrogen-bond acceptors (Lipinski definition) is 3. The van der Waals surface area contributed by atoms with E-state index < -0.39 is 12.6 Å². The van der Waals surface area contributed by atoms with Gasteiger partial charge in [0.15, 0.2) is 0 Å². The minimum atomic E-state index is -3.00. The smallest absolute Gasteiger partial charge is 0.387 e. The molecule has 0 saturated carbocycles. The van der Waals surface area contributed by atoms with E-state index in [1.807, 2.05) is 0 Å². The standard InChI is InChI=1S/C22H21F3N4O2/c23-15-7-5-6-14(12-15)17-13-26-20(27-17)18-9-3-4-11-29(18)22(30)28-16-8-1-2-10-19(16)31-21(24)25/h1-2,5-8,10,12-13,18,21H,3-4,9,11H2,(H,26,27)(H,28,30). The van der Waals surface area contributed by atoms with Gasteiger partial charge in [-0.3, -0.25) is 0 Å². The molecule has 0 spiro atoms. The van der Waals surface area contributed by atoms with Crippen molar-refractivity contribution in [3.05, 3.63) is 66.4 Å². The van der Waals surface area contributed by atoms with E-state index in [1.54, 1.807) is 35.4 Å². The summed E-state index contributed by atoms with van der Waals surface area (Å²) in [6.07, 6.45) is 4.03. The quantitative estimate of drug-likeness (QED) is 0.556. The van der Waals surface area contributed by atoms with Crippen molar-refractivity contribution in [2.24, 2.45) is 0 Å². The third-order valence-corrected chi connectivity index (χ3v) is 5.16. The van der Waals surface area contributed by atoms with Crippen LogP contribution in [0.1, 0.15) is 31.1 Å². The van der Waals surface area contributed by atoms with Crippen molar-refractivity contribution in [2.75, 3.05) is 11.9 Å². The Bertz CT molecular complexity index is 1060. The van der Waals surface area contributed by atoms with Crippen LogP contribution < -0.4 is 10.1 Å². The van der Waals surface area contributed by atoms with Gasteiger partial charge in [-0.25, -0.2) is 14.2 Å². The van der Waals surface area contributed by atoms with Crippen LogP contribution in [0.25, 0.3) is 11.3 Å². The Morgan fingerprint density at radius 1 is 1.19 bits per heavy atom. The number of piperidine rings is 1. The number of aromatic amines is 1. The third kappa shape index (κ3) is 4.82. The molecule has 4 rings (SSSR count). The van der Waals surface area contributed by atoms with E-state index in [0.29, 0.717) is 30.0 Å². The summed E-state index contributed by atoms with van der Waals surface area (Å²) >= 11 is 0. The SMILES string of the molecule is O=C(Nc1ccccc1OC(F)F)N1CCCCC1c1ncc(-c2cccc(F)c2)[nH]1. The normalized spacial score (nSPS) is 16.4. The highest BCUT2D eigenvalue weighted by atomic mass is 19.3. The summed E-state index contributed by atoms with van der Waals surface area (Å²) in [5, 5.41) is 2.67. The number of carbonyl (C=O) groups excluding carboxylic acids is 1. The molecule has 9 heteroatoms. The van der Waals surface area contributed by atoms with Gasteiger partial charge in [0, 0.05) is 12.1 Å². The summed E-state index contributed by atoms with van der Waals surface area (Å²) in [5.41, 5.74) is 1.47. The second-order valence-corrected chi connectivity index (χ2v) is 7.20. The molecule has 2 amide bonds. The number of alkyl halides is 2. The van der Waals surface area contributed by atoms with E-state index in [2.05, 4.69) is 20.0 Å². The van der Waals surface area contributed by atoms with Crippen molar-refractivity contribution in [3.63, 3.8) is 0 Å². The second-order valence-electron chi connectivity index (χ2n) is 7.20. The Labute approximate surface area is 177 Å². The van der Waals surface area contributed by atoms with Crippen LogP contribution in [-0.4, -0.2) is 34.1 Å². The molecular weight excluding hydrogens is 409 g/mol. The molecule has 1 saturated heterocycles. The molecule has 3 aromatic rings. The Kier molecular flexibility index (Phi) is 6.11. The van der Waals surface area contributed by atoms with Gasteiger partial charge < -0.3 is 19.9 Å². The molecular formula is C22H21F3N4O2. The van der Waals surface area contributed by atoms with E-state index in [1.165, 1.54) is 24.3 Å². The fourth-order valence-electron chi connectivity index (χ4n) is 3.72. The lowest BCUT2D eigenvalue weighted by atomic mass is 10.0. The number of carbonyl (C=O) groups is 1. The van der Waals surface area contributed by atoms with Crippen LogP contribution in [-0.2, 0) is 0 Å². The van der Waals surface area contributed by atoms with Crippen LogP contribution in [0.5, 0.6) is 5.75 Å². The zero-order valence-electron chi connectivity index (χ0n) is 16.5. The highest BCUT2D eigenvalue weighted by Gasteiger charge is 2.30. The molecule has 1 atom stereocenters. The first-order valence-electron chi connectivity index (χ1n) is 9.93. The zero-order chi connectivity index (χ0) is 21.8. The maximum atomic E-state index is 13.5. The molecule has 31 heavy (non-hydrogen) atoms. The van der Waals surface area contributed by atoms with Gasteiger partial charge in [0.2, 0.25) is 0 Å². The minimum Gasteiger partial charge on any atom is -0.433 e. The van der Waals surface area contributed by atoms with Crippen molar-refractivity contribution in [2.45, 2.75) is 31.9 Å². The zero-order valence-corrected chi connectivity index (χ0v) is 16.5. The summed E-state index contributed by atoms with van der Waals surface area (Å²) in [6, 6.07) is 11.4. The third-order valence-electron chi connectivity index (χ3n) is 5.16. The number of ether oxygens (including phenoxy) is 1. The summed E-state index contributed by atoms with van der Waals surface area (Å²) in [5.74, 6) is 0.133. The lowest BCUT2D eigenvalue weighted by Crippen LogP contribution is -2.41. The number of rotatable bonds is 5. The molecule has 0 aliphatic carbocycles. The van der Waals surface area contributed by atoms with E-state index in [-0.39, 0.29) is 23.3 Å². The van der Waals surface area contributed by atoms with E-state index >= 15 is 0 Å². The molecule has 1 fully saturated rings. The number of amides is 2. The van der Waals surface area contributed by atoms with Gasteiger partial charge >= 0.3 is 12.6 Å². The van der Waals surface area contributed by atoms with Crippen LogP contribution in [0.4, 0.5) is 23.7 Å². The number of aromatic nitrogens is 2. The number of H-pyrrole nitrogens is 1. The minimum absolute atomic E-state index is 0.106. The molecule has 1 unspecified atom stereocenters. The molecule has 2 heterocycles. The average molecular weight is 430 g/mol. The summed E-state index contributed by atoms with van der Waals surface area (Å²) in [6.45, 7) is -2.50. The maximum Gasteiger partial charge on any atom is 0.387 e. The fourth-order valence-corrected chi connectivity index (χ4v) is 3.72. The first-order chi connectivity index (χ1) is 15.0. The maximum absolute atomic E-state index is 13.5. The molecule has 1 aliphatic heterocycles. The number of anilines is 1. The highest BCUT2D eigenvalue weighted by Crippen LogP contribution is 2.32. The molecule has 0 radical (unpaired) electrons. The molecule has 6 nitrogen and oxygen atoms in total. The second kappa shape index (κ2) is 9.11. The molecule has 1 aliphatic rings. The number of para-hydroxylation sites is 2. The van der Waals surface area contributed by atoms with Crippen molar-refractivity contribution in [3.8, 4) is 17.0 Å². The van der Waals surface area contributed by atoms with Crippen LogP contribution >= 0.6 is 0 Å². The van der Waals surface area contributed by atoms with Crippen LogP contribution in [0.2, 0.25) is 0 Å². The number of urea groups is 1. The van der Waals surface area contributed by atoms with E-state index in [4.69, 9.17) is 0 Å². The van der Waals surface area contributed by atoms with Crippen molar-refractivity contribution >= 4 is 11.7 Å². The predicted octanol–water partition coefficient (Wildman–Crippen LogP) is 5.58. The Balaban J connectivity index is 1.54. The Morgan fingerprint density at radius 3 is 2.84 bits per heavy atom. The first-order valence-corrected chi connectivity index (χ1v) is 9.93. The number of hydrogen-bond donors (Lipinski definition) is 2. The largest absolute Gasteiger partial charge is 0.433 e. The van der Waals surface area contributed by atoms with E-state index in [0.717, 1.165) is 12.8 Å². The summed E-state index contributed by atoms with van der Waals surface area (Å²) in [7, 11) is 0. The fraction of sp³-hybridized carbons (Fsp3) is 0.273. The van der Waals surface area contributed by atoms with Gasteiger partial charge in [-0.15, -0.1) is 0 Å². The first kappa shape index (κ1) is 20.8. The van der Waals surface area contributed by atoms with Crippen molar-refractivity contribution in [1.29, 1.82) is 0 Å². The van der Waals surface area contributed by atoms with Crippen molar-refractivity contribution < 1.29 is 22.7 Å². The number of halogens is 3. The van der Waals surface area contributed by atoms with Gasteiger partial charge in [0.1, 0.15) is 17.4 Å². The summed E-state index contributed by atoms with van der Waals surface area (Å²) < 4.78 is 43.4. The molecule has 162 valence electrons. The number of benzene rings is 2. The molecule has 2 N–H and O–H groups in total. The van der Waals surface area contributed by atoms with Crippen LogP contribution in [0.3, 0.4) is 0 Å².